The largest absolute Gasteiger partial charge is 0.399 e. The summed E-state index contributed by atoms with van der Waals surface area (Å²) in [5, 5.41) is 8.03. The van der Waals surface area contributed by atoms with Gasteiger partial charge >= 0.3 is 0 Å². The van der Waals surface area contributed by atoms with Crippen molar-refractivity contribution in [1.29, 1.82) is 0 Å². The molecule has 2 rings (SSSR count). The zero-order valence-corrected chi connectivity index (χ0v) is 11.5. The standard InChI is InChI=1S/C13H14FN3O2S/c1-8-4-10(2-3-13(8)14)17-11-5-9(15)6-12(7-11)20(16,18)19/h2-7,17H,15H2,1H3,(H2,16,18,19). The van der Waals surface area contributed by atoms with Crippen molar-refractivity contribution in [2.45, 2.75) is 11.8 Å². The van der Waals surface area contributed by atoms with Crippen LogP contribution in [0.25, 0.3) is 0 Å². The topological polar surface area (TPSA) is 98.2 Å². The Bertz CT molecular complexity index is 760. The Hall–Kier alpha value is -2.12. The van der Waals surface area contributed by atoms with Crippen molar-refractivity contribution < 1.29 is 12.8 Å². The lowest BCUT2D eigenvalue weighted by Gasteiger charge is -2.10. The van der Waals surface area contributed by atoms with Gasteiger partial charge in [-0.15, -0.1) is 0 Å². The van der Waals surface area contributed by atoms with Gasteiger partial charge in [-0.1, -0.05) is 0 Å². The molecule has 0 radical (unpaired) electrons. The van der Waals surface area contributed by atoms with Gasteiger partial charge in [-0.2, -0.15) is 0 Å². The first-order valence-corrected chi connectivity index (χ1v) is 7.27. The molecule has 0 unspecified atom stereocenters. The molecule has 0 aliphatic rings. The smallest absolute Gasteiger partial charge is 0.238 e. The van der Waals surface area contributed by atoms with Gasteiger partial charge < -0.3 is 11.1 Å². The number of hydrogen-bond donors (Lipinski definition) is 3. The van der Waals surface area contributed by atoms with Crippen LogP contribution in [0.4, 0.5) is 21.5 Å². The normalized spacial score (nSPS) is 11.3. The predicted octanol–water partition coefficient (Wildman–Crippen LogP) is 2.11. The molecule has 7 heteroatoms. The summed E-state index contributed by atoms with van der Waals surface area (Å²) in [5.74, 6) is -0.312. The molecule has 0 saturated carbocycles. The minimum atomic E-state index is -3.83. The predicted molar refractivity (Wildman–Crippen MR) is 76.6 cm³/mol. The van der Waals surface area contributed by atoms with Crippen LogP contribution in [0.2, 0.25) is 0 Å². The highest BCUT2D eigenvalue weighted by molar-refractivity contribution is 7.89. The third-order valence-electron chi connectivity index (χ3n) is 2.70. The van der Waals surface area contributed by atoms with Crippen molar-refractivity contribution in [1.82, 2.24) is 0 Å². The number of halogens is 1. The fourth-order valence-corrected chi connectivity index (χ4v) is 2.34. The fraction of sp³-hybridized carbons (Fsp3) is 0.0769. The molecular weight excluding hydrogens is 281 g/mol. The van der Waals surface area contributed by atoms with Gasteiger partial charge in [-0.05, 0) is 48.9 Å². The van der Waals surface area contributed by atoms with E-state index in [1.807, 2.05) is 0 Å². The quantitative estimate of drug-likeness (QED) is 0.755. The molecule has 0 fully saturated rings. The number of nitrogens with two attached hydrogens (primary N) is 2. The minimum Gasteiger partial charge on any atom is -0.399 e. The van der Waals surface area contributed by atoms with Crippen LogP contribution in [-0.2, 0) is 10.0 Å². The average Bonchev–Trinajstić information content (AvgIpc) is 2.32. The highest BCUT2D eigenvalue weighted by Gasteiger charge is 2.10. The fourth-order valence-electron chi connectivity index (χ4n) is 1.75. The molecule has 0 spiro atoms. The summed E-state index contributed by atoms with van der Waals surface area (Å²) in [6.07, 6.45) is 0. The van der Waals surface area contributed by atoms with E-state index in [0.29, 0.717) is 16.9 Å². The summed E-state index contributed by atoms with van der Waals surface area (Å²) in [5.41, 5.74) is 7.46. The summed E-state index contributed by atoms with van der Waals surface area (Å²) in [4.78, 5) is -0.0844. The molecule has 5 nitrogen and oxygen atoms in total. The molecule has 0 heterocycles. The van der Waals surface area contributed by atoms with E-state index in [0.717, 1.165) is 0 Å². The second kappa shape index (κ2) is 5.10. The van der Waals surface area contributed by atoms with E-state index in [4.69, 9.17) is 10.9 Å². The summed E-state index contributed by atoms with van der Waals surface area (Å²) < 4.78 is 35.8. The van der Waals surface area contributed by atoms with E-state index in [2.05, 4.69) is 5.32 Å². The maximum atomic E-state index is 13.2. The summed E-state index contributed by atoms with van der Waals surface area (Å²) in [7, 11) is -3.83. The minimum absolute atomic E-state index is 0.0844. The third kappa shape index (κ3) is 3.25. The van der Waals surface area contributed by atoms with Gasteiger partial charge in [0.2, 0.25) is 10.0 Å². The Morgan fingerprint density at radius 2 is 1.80 bits per heavy atom. The molecule has 0 aromatic heterocycles. The van der Waals surface area contributed by atoms with Crippen LogP contribution >= 0.6 is 0 Å². The van der Waals surface area contributed by atoms with Crippen LogP contribution in [0.5, 0.6) is 0 Å². The van der Waals surface area contributed by atoms with Crippen molar-refractivity contribution in [3.63, 3.8) is 0 Å². The van der Waals surface area contributed by atoms with E-state index in [-0.39, 0.29) is 16.4 Å². The molecule has 0 aliphatic heterocycles. The monoisotopic (exact) mass is 295 g/mol. The zero-order chi connectivity index (χ0) is 14.9. The van der Waals surface area contributed by atoms with Crippen LogP contribution in [0, 0.1) is 12.7 Å². The first-order valence-electron chi connectivity index (χ1n) is 5.72. The van der Waals surface area contributed by atoms with Gasteiger partial charge in [0.05, 0.1) is 4.90 Å². The number of nitrogen functional groups attached to an aromatic ring is 1. The van der Waals surface area contributed by atoms with Gasteiger partial charge in [0.25, 0.3) is 0 Å². The molecule has 0 aliphatic carbocycles. The van der Waals surface area contributed by atoms with Crippen LogP contribution in [0.15, 0.2) is 41.3 Å². The zero-order valence-electron chi connectivity index (χ0n) is 10.7. The van der Waals surface area contributed by atoms with E-state index in [1.54, 1.807) is 25.1 Å². The Labute approximate surface area is 116 Å². The van der Waals surface area contributed by atoms with Crippen molar-refractivity contribution in [2.75, 3.05) is 11.1 Å². The second-order valence-corrected chi connectivity index (χ2v) is 5.99. The molecule has 20 heavy (non-hydrogen) atoms. The van der Waals surface area contributed by atoms with Crippen molar-refractivity contribution in [2.24, 2.45) is 5.14 Å². The van der Waals surface area contributed by atoms with Gasteiger partial charge in [0.1, 0.15) is 5.82 Å². The first kappa shape index (κ1) is 14.3. The lowest BCUT2D eigenvalue weighted by atomic mass is 10.2. The summed E-state index contributed by atoms with van der Waals surface area (Å²) >= 11 is 0. The highest BCUT2D eigenvalue weighted by Crippen LogP contribution is 2.24. The number of nitrogens with one attached hydrogen (secondary N) is 1. The Kier molecular flexibility index (Phi) is 3.65. The van der Waals surface area contributed by atoms with Crippen LogP contribution in [0.3, 0.4) is 0 Å². The van der Waals surface area contributed by atoms with Crippen molar-refractivity contribution in [3.05, 3.63) is 47.8 Å². The van der Waals surface area contributed by atoms with Gasteiger partial charge in [-0.25, -0.2) is 17.9 Å². The first-order chi connectivity index (χ1) is 9.25. The number of hydrogen-bond acceptors (Lipinski definition) is 4. The van der Waals surface area contributed by atoms with Gasteiger partial charge in [0.15, 0.2) is 0 Å². The number of benzene rings is 2. The number of primary sulfonamides is 1. The van der Waals surface area contributed by atoms with Crippen LogP contribution in [0.1, 0.15) is 5.56 Å². The lowest BCUT2D eigenvalue weighted by Crippen LogP contribution is -2.12. The summed E-state index contributed by atoms with van der Waals surface area (Å²) in [6, 6.07) is 8.68. The molecule has 2 aromatic rings. The Balaban J connectivity index is 2.38. The molecule has 0 bridgehead atoms. The second-order valence-electron chi connectivity index (χ2n) is 4.42. The summed E-state index contributed by atoms with van der Waals surface area (Å²) in [6.45, 7) is 1.63. The Morgan fingerprint density at radius 1 is 1.10 bits per heavy atom. The number of rotatable bonds is 3. The molecule has 0 saturated heterocycles. The van der Waals surface area contributed by atoms with E-state index >= 15 is 0 Å². The van der Waals surface area contributed by atoms with E-state index in [1.165, 1.54) is 18.2 Å². The maximum Gasteiger partial charge on any atom is 0.238 e. The molecule has 5 N–H and O–H groups in total. The number of anilines is 3. The lowest BCUT2D eigenvalue weighted by molar-refractivity contribution is 0.598. The molecule has 106 valence electrons. The maximum absolute atomic E-state index is 13.2. The highest BCUT2D eigenvalue weighted by atomic mass is 32.2. The molecule has 0 amide bonds. The SMILES string of the molecule is Cc1cc(Nc2cc(N)cc(S(N)(=O)=O)c2)ccc1F. The van der Waals surface area contributed by atoms with Crippen LogP contribution < -0.4 is 16.2 Å². The van der Waals surface area contributed by atoms with E-state index in [9.17, 15) is 12.8 Å². The van der Waals surface area contributed by atoms with Crippen molar-refractivity contribution >= 4 is 27.1 Å². The third-order valence-corrected chi connectivity index (χ3v) is 3.60. The number of sulfonamides is 1. The average molecular weight is 295 g/mol. The van der Waals surface area contributed by atoms with Crippen molar-refractivity contribution in [3.8, 4) is 0 Å². The van der Waals surface area contributed by atoms with Crippen LogP contribution in [-0.4, -0.2) is 8.42 Å². The molecule has 2 aromatic carbocycles. The molecular formula is C13H14FN3O2S. The Morgan fingerprint density at radius 3 is 2.40 bits per heavy atom. The number of aryl methyl sites for hydroxylation is 1. The van der Waals surface area contributed by atoms with E-state index < -0.39 is 10.0 Å². The molecule has 0 atom stereocenters. The van der Waals surface area contributed by atoms with Gasteiger partial charge in [0, 0.05) is 17.1 Å². The van der Waals surface area contributed by atoms with Gasteiger partial charge in [-0.3, -0.25) is 0 Å².